The highest BCUT2D eigenvalue weighted by atomic mass is 16.5. The topological polar surface area (TPSA) is 35.9 Å². The van der Waals surface area contributed by atoms with Crippen molar-refractivity contribution in [1.29, 1.82) is 0 Å². The molecular weight excluding hydrogens is 901 g/mol. The average molecular weight is 970 g/mol. The van der Waals surface area contributed by atoms with Crippen molar-refractivity contribution in [2.75, 3.05) is 0 Å². The van der Waals surface area contributed by atoms with Crippen LogP contribution in [0.5, 0.6) is 11.5 Å². The molecule has 1 atom stereocenters. The monoisotopic (exact) mass is 970 g/mol. The summed E-state index contributed by atoms with van der Waals surface area (Å²) in [5.41, 5.74) is 9.80. The lowest BCUT2D eigenvalue weighted by molar-refractivity contribution is -0.571. The Bertz CT molecular complexity index is 4530. The summed E-state index contributed by atoms with van der Waals surface area (Å²) in [7, 11) is 0. The van der Waals surface area contributed by atoms with Crippen LogP contribution in [0.15, 0.2) is 230 Å². The normalized spacial score (nSPS) is 14.8. The second-order valence-corrected chi connectivity index (χ2v) is 19.9. The SMILES string of the molecule is [2H]c1c([2H])c([2H])c(-c2cccc(-c3c([2H])c([2H])c([2H])c([2H])c3[2H])c2-[n+]2[c-]n(-c3cccc(Oc4ccc5c6cc(-c7ccccc7)ccc6n(-c6cc(C([2H])(C)C(C)C)c(-c7ccc(C(C)(C)C)cc7)cn6)c5c4)c3)c3ccccc32)c([2H])c1[2H]. The molecule has 0 bridgehead atoms. The van der Waals surface area contributed by atoms with E-state index in [4.69, 9.17) is 23.4 Å². The minimum atomic E-state index is -0.990. The van der Waals surface area contributed by atoms with Gasteiger partial charge in [0.25, 0.3) is 6.33 Å². The van der Waals surface area contributed by atoms with Gasteiger partial charge in [-0.1, -0.05) is 211 Å². The van der Waals surface area contributed by atoms with Crippen LogP contribution in [0.2, 0.25) is 0 Å². The van der Waals surface area contributed by atoms with Gasteiger partial charge in [-0.3, -0.25) is 13.7 Å². The number of nitrogens with zero attached hydrogens (tertiary/aromatic N) is 4. The summed E-state index contributed by atoms with van der Waals surface area (Å²) in [4.78, 5) is 5.22. The number of aromatic nitrogens is 4. The fraction of sp³-hybridized carbons (Fsp3) is 0.130. The number of ether oxygens (including phenoxy) is 1. The minimum absolute atomic E-state index is 0.0263. The number of imidazole rings is 1. The van der Waals surface area contributed by atoms with E-state index in [0.29, 0.717) is 34.0 Å². The molecule has 0 N–H and O–H groups in total. The third kappa shape index (κ3) is 8.54. The summed E-state index contributed by atoms with van der Waals surface area (Å²) >= 11 is 0. The summed E-state index contributed by atoms with van der Waals surface area (Å²) < 4.78 is 110. The number of fused-ring (bicyclic) bond motifs is 4. The first-order valence-corrected chi connectivity index (χ1v) is 24.8. The summed E-state index contributed by atoms with van der Waals surface area (Å²) in [6, 6.07) is 47.7. The molecule has 12 rings (SSSR count). The van der Waals surface area contributed by atoms with Crippen molar-refractivity contribution < 1.29 is 24.4 Å². The smallest absolute Gasteiger partial charge is 0.269 e. The molecule has 0 amide bonds. The molecular formula is C69H58N4O. The average Bonchev–Trinajstić information content (AvgIpc) is 1.87. The molecule has 5 nitrogen and oxygen atoms in total. The van der Waals surface area contributed by atoms with Crippen molar-refractivity contribution in [2.24, 2.45) is 5.92 Å². The molecule has 0 spiro atoms. The van der Waals surface area contributed by atoms with Crippen molar-refractivity contribution in [1.82, 2.24) is 14.1 Å². The maximum atomic E-state index is 9.89. The van der Waals surface area contributed by atoms with E-state index in [0.717, 1.165) is 49.6 Å². The molecule has 1 unspecified atom stereocenters. The van der Waals surface area contributed by atoms with Crippen molar-refractivity contribution in [3.8, 4) is 73.2 Å². The van der Waals surface area contributed by atoms with Crippen molar-refractivity contribution in [2.45, 2.75) is 52.9 Å². The lowest BCUT2D eigenvalue weighted by atomic mass is 9.84. The van der Waals surface area contributed by atoms with E-state index < -0.39 is 66.3 Å². The fourth-order valence-electron chi connectivity index (χ4n) is 9.90. The maximum absolute atomic E-state index is 9.89. The van der Waals surface area contributed by atoms with Gasteiger partial charge in [-0.25, -0.2) is 4.98 Å². The van der Waals surface area contributed by atoms with E-state index in [1.165, 1.54) is 5.56 Å². The number of benzene rings is 9. The van der Waals surface area contributed by atoms with Crippen LogP contribution in [0.4, 0.5) is 0 Å². The van der Waals surface area contributed by atoms with Gasteiger partial charge in [-0.2, -0.15) is 0 Å². The zero-order chi connectivity index (χ0) is 60.1. The number of para-hydroxylation sites is 3. The summed E-state index contributed by atoms with van der Waals surface area (Å²) in [6.45, 7) is 12.7. The maximum Gasteiger partial charge on any atom is 0.269 e. The first-order valence-electron chi connectivity index (χ1n) is 30.3. The van der Waals surface area contributed by atoms with Crippen LogP contribution in [0.3, 0.4) is 0 Å². The van der Waals surface area contributed by atoms with Crippen molar-refractivity contribution in [3.05, 3.63) is 248 Å². The second kappa shape index (κ2) is 19.0. The predicted octanol–water partition coefficient (Wildman–Crippen LogP) is 17.7. The van der Waals surface area contributed by atoms with Crippen molar-refractivity contribution >= 4 is 32.8 Å². The highest BCUT2D eigenvalue weighted by molar-refractivity contribution is 6.10. The van der Waals surface area contributed by atoms with E-state index in [1.807, 2.05) is 92.0 Å². The van der Waals surface area contributed by atoms with Crippen LogP contribution >= 0.6 is 0 Å². The summed E-state index contributed by atoms with van der Waals surface area (Å²) in [5.74, 6) is 0.643. The highest BCUT2D eigenvalue weighted by Gasteiger charge is 2.23. The van der Waals surface area contributed by atoms with Crippen molar-refractivity contribution in [3.63, 3.8) is 0 Å². The minimum Gasteiger partial charge on any atom is -0.458 e. The van der Waals surface area contributed by atoms with Crippen LogP contribution in [0, 0.1) is 12.2 Å². The molecule has 12 aromatic rings. The van der Waals surface area contributed by atoms with Gasteiger partial charge < -0.3 is 4.74 Å². The molecule has 0 aliphatic carbocycles. The molecule has 74 heavy (non-hydrogen) atoms. The van der Waals surface area contributed by atoms with E-state index in [1.54, 1.807) is 27.3 Å². The second-order valence-electron chi connectivity index (χ2n) is 19.9. The zero-order valence-electron chi connectivity index (χ0n) is 52.9. The molecule has 360 valence electrons. The molecule has 3 aromatic heterocycles. The number of hydrogen-bond acceptors (Lipinski definition) is 2. The van der Waals surface area contributed by atoms with Crippen LogP contribution in [-0.4, -0.2) is 14.1 Å². The third-order valence-corrected chi connectivity index (χ3v) is 14.0. The first-order chi connectivity index (χ1) is 40.5. The Hall–Kier alpha value is -8.80. The largest absolute Gasteiger partial charge is 0.458 e. The quantitative estimate of drug-likeness (QED) is 0.0956. The van der Waals surface area contributed by atoms with Gasteiger partial charge in [0, 0.05) is 30.0 Å². The Morgan fingerprint density at radius 1 is 0.554 bits per heavy atom. The van der Waals surface area contributed by atoms with Gasteiger partial charge >= 0.3 is 0 Å². The van der Waals surface area contributed by atoms with Crippen LogP contribution in [0.25, 0.3) is 94.5 Å². The fourth-order valence-corrected chi connectivity index (χ4v) is 9.90. The van der Waals surface area contributed by atoms with Crippen LogP contribution in [-0.2, 0) is 5.41 Å². The third-order valence-electron chi connectivity index (χ3n) is 14.0. The van der Waals surface area contributed by atoms with Crippen LogP contribution < -0.4 is 9.30 Å². The molecule has 0 aliphatic rings. The van der Waals surface area contributed by atoms with Gasteiger partial charge in [-0.15, -0.1) is 0 Å². The Labute approximate surface area is 449 Å². The molecule has 0 aliphatic heterocycles. The van der Waals surface area contributed by atoms with E-state index in [-0.39, 0.29) is 39.3 Å². The van der Waals surface area contributed by atoms with E-state index in [2.05, 4.69) is 112 Å². The number of hydrogen-bond donors (Lipinski definition) is 0. The molecule has 0 saturated heterocycles. The zero-order valence-corrected chi connectivity index (χ0v) is 41.9. The molecule has 9 aromatic carbocycles. The Balaban J connectivity index is 1.01. The van der Waals surface area contributed by atoms with Gasteiger partial charge in [0.2, 0.25) is 0 Å². The highest BCUT2D eigenvalue weighted by Crippen LogP contribution is 2.41. The van der Waals surface area contributed by atoms with Crippen LogP contribution in [0.1, 0.15) is 73.6 Å². The van der Waals surface area contributed by atoms with E-state index in [9.17, 15) is 1.37 Å². The first kappa shape index (κ1) is 35.3. The van der Waals surface area contributed by atoms with Gasteiger partial charge in [0.1, 0.15) is 17.3 Å². The van der Waals surface area contributed by atoms with Gasteiger partial charge in [0.15, 0.2) is 0 Å². The lowest BCUT2D eigenvalue weighted by Gasteiger charge is -2.23. The summed E-state index contributed by atoms with van der Waals surface area (Å²) in [6.07, 6.45) is 5.37. The Kier molecular flexibility index (Phi) is 9.07. The Morgan fingerprint density at radius 2 is 1.22 bits per heavy atom. The standard InChI is InChI=1S/C69H58N4O/c1-46(2)47(3)60-43-67(70-44-62(60)51-32-35-53(36-33-51)69(4,5)6)73-63-39-34-52(48-20-10-7-11-21-48)40-61(63)59-38-37-56(42-66(59)73)74-55-27-18-26-54(41-55)71-45-72(65-31-17-16-30-64(65)71)68-57(49-22-12-8-13-23-49)28-19-29-58(68)50-24-14-9-15-25-50/h7-44,46-47H,1-6H3/i8D,9D,12D,13D,14D,15D,22D,23D,24D,25D,47D. The van der Waals surface area contributed by atoms with Gasteiger partial charge in [0.05, 0.1) is 47.1 Å². The molecule has 0 fully saturated rings. The molecule has 0 saturated carbocycles. The van der Waals surface area contributed by atoms with Gasteiger partial charge in [-0.05, 0) is 116 Å². The lowest BCUT2D eigenvalue weighted by Crippen LogP contribution is -2.31. The van der Waals surface area contributed by atoms with E-state index >= 15 is 0 Å². The predicted molar refractivity (Wildman–Crippen MR) is 306 cm³/mol. The Morgan fingerprint density at radius 3 is 1.92 bits per heavy atom. The molecule has 3 heterocycles. The number of pyridine rings is 1. The molecule has 5 heteroatoms. The number of rotatable bonds is 11. The summed E-state index contributed by atoms with van der Waals surface area (Å²) in [5, 5.41) is 1.99. The molecule has 0 radical (unpaired) electrons.